The van der Waals surface area contributed by atoms with Crippen molar-refractivity contribution < 1.29 is 4.42 Å². The van der Waals surface area contributed by atoms with Gasteiger partial charge < -0.3 is 4.42 Å². The van der Waals surface area contributed by atoms with Gasteiger partial charge in [0.15, 0.2) is 17.5 Å². The third-order valence-corrected chi connectivity index (χ3v) is 11.7. The summed E-state index contributed by atoms with van der Waals surface area (Å²) in [6.07, 6.45) is 6.53. The zero-order valence-electron chi connectivity index (χ0n) is 30.9. The molecule has 0 atom stereocenters. The number of benzene rings is 9. The van der Waals surface area contributed by atoms with Gasteiger partial charge in [0.2, 0.25) is 0 Å². The highest BCUT2D eigenvalue weighted by atomic mass is 16.3. The zero-order chi connectivity index (χ0) is 37.5. The van der Waals surface area contributed by atoms with Crippen LogP contribution in [0, 0.1) is 0 Å². The first-order valence-electron chi connectivity index (χ1n) is 19.6. The molecule has 1 aliphatic carbocycles. The quantitative estimate of drug-likeness (QED) is 0.169. The van der Waals surface area contributed by atoms with Gasteiger partial charge in [0.05, 0.1) is 0 Å². The van der Waals surface area contributed by atoms with Gasteiger partial charge in [-0.3, -0.25) is 0 Å². The van der Waals surface area contributed by atoms with E-state index in [0.717, 1.165) is 84.1 Å². The Morgan fingerprint density at radius 2 is 1.02 bits per heavy atom. The van der Waals surface area contributed by atoms with Crippen LogP contribution < -0.4 is 0 Å². The molecule has 0 saturated heterocycles. The first-order valence-corrected chi connectivity index (χ1v) is 19.6. The number of rotatable bonds is 4. The maximum atomic E-state index is 6.22. The van der Waals surface area contributed by atoms with Crippen molar-refractivity contribution in [3.05, 3.63) is 181 Å². The number of para-hydroxylation sites is 1. The highest BCUT2D eigenvalue weighted by Crippen LogP contribution is 2.40. The van der Waals surface area contributed by atoms with Crippen LogP contribution in [-0.4, -0.2) is 15.0 Å². The molecule has 2 heterocycles. The van der Waals surface area contributed by atoms with Crippen molar-refractivity contribution in [3.8, 4) is 45.3 Å². The second-order valence-corrected chi connectivity index (χ2v) is 15.0. The van der Waals surface area contributed by atoms with Crippen molar-refractivity contribution in [2.75, 3.05) is 0 Å². The number of furan rings is 1. The molecule has 0 N–H and O–H groups in total. The van der Waals surface area contributed by atoms with E-state index in [9.17, 15) is 0 Å². The zero-order valence-corrected chi connectivity index (χ0v) is 30.9. The van der Waals surface area contributed by atoms with E-state index in [-0.39, 0.29) is 0 Å². The molecule has 1 aliphatic rings. The predicted octanol–water partition coefficient (Wildman–Crippen LogP) is 14.0. The van der Waals surface area contributed by atoms with Crippen LogP contribution in [0.2, 0.25) is 0 Å². The molecule has 4 heteroatoms. The van der Waals surface area contributed by atoms with Crippen LogP contribution in [0.25, 0.3) is 116 Å². The summed E-state index contributed by atoms with van der Waals surface area (Å²) in [4.78, 5) is 16.0. The minimum Gasteiger partial charge on any atom is -0.456 e. The lowest BCUT2D eigenvalue weighted by Gasteiger charge is -2.19. The van der Waals surface area contributed by atoms with Gasteiger partial charge in [0.1, 0.15) is 11.2 Å². The third kappa shape index (κ3) is 5.11. The minimum absolute atomic E-state index is 0.648. The molecule has 11 aromatic rings. The third-order valence-electron chi connectivity index (χ3n) is 11.7. The molecule has 0 amide bonds. The minimum atomic E-state index is 0.648. The largest absolute Gasteiger partial charge is 0.456 e. The van der Waals surface area contributed by atoms with Gasteiger partial charge in [0.25, 0.3) is 0 Å². The summed E-state index contributed by atoms with van der Waals surface area (Å²) in [7, 11) is 0. The number of aromatic nitrogens is 3. The lowest BCUT2D eigenvalue weighted by atomic mass is 9.88. The van der Waals surface area contributed by atoms with Crippen LogP contribution in [0.3, 0.4) is 0 Å². The monoisotopic (exact) mass is 727 g/mol. The van der Waals surface area contributed by atoms with Gasteiger partial charge in [-0.2, -0.15) is 0 Å². The van der Waals surface area contributed by atoms with Crippen molar-refractivity contribution in [1.29, 1.82) is 0 Å². The highest BCUT2D eigenvalue weighted by molar-refractivity contribution is 6.14. The van der Waals surface area contributed by atoms with Crippen molar-refractivity contribution in [2.45, 2.75) is 12.8 Å². The molecule has 9 aromatic carbocycles. The number of nitrogens with zero attached hydrogens (tertiary/aromatic N) is 3. The van der Waals surface area contributed by atoms with E-state index >= 15 is 0 Å². The molecule has 0 bridgehead atoms. The molecule has 12 rings (SSSR count). The Bertz CT molecular complexity index is 3480. The SMILES string of the molecule is C1=Cc2c(-c3nc(-c4ccc5cc(-c6cccc7oc8ccccc8c67)ccc5c4)nc(-c4cc5ccccc5c5ccccc45)n3)cc3ccccc3c2CC1. The molecular formula is C53H33N3O. The number of fused-ring (bicyclic) bond motifs is 10. The van der Waals surface area contributed by atoms with Gasteiger partial charge in [-0.15, -0.1) is 0 Å². The van der Waals surface area contributed by atoms with E-state index in [1.165, 1.54) is 32.7 Å². The van der Waals surface area contributed by atoms with Crippen molar-refractivity contribution >= 4 is 71.1 Å². The smallest absolute Gasteiger partial charge is 0.164 e. The lowest BCUT2D eigenvalue weighted by molar-refractivity contribution is 0.669. The van der Waals surface area contributed by atoms with Crippen LogP contribution >= 0.6 is 0 Å². The van der Waals surface area contributed by atoms with Crippen LogP contribution in [0.5, 0.6) is 0 Å². The second kappa shape index (κ2) is 12.6. The maximum absolute atomic E-state index is 6.22. The van der Waals surface area contributed by atoms with Gasteiger partial charge >= 0.3 is 0 Å². The van der Waals surface area contributed by atoms with Gasteiger partial charge in [0, 0.05) is 27.5 Å². The maximum Gasteiger partial charge on any atom is 0.164 e. The van der Waals surface area contributed by atoms with Gasteiger partial charge in [-0.05, 0) is 115 Å². The molecule has 0 radical (unpaired) electrons. The Morgan fingerprint density at radius 3 is 1.86 bits per heavy atom. The molecule has 0 saturated carbocycles. The summed E-state index contributed by atoms with van der Waals surface area (Å²) in [5.41, 5.74) is 9.61. The predicted molar refractivity (Wildman–Crippen MR) is 236 cm³/mol. The van der Waals surface area contributed by atoms with E-state index in [2.05, 4.69) is 158 Å². The Balaban J connectivity index is 1.06. The molecule has 4 nitrogen and oxygen atoms in total. The average Bonchev–Trinajstić information content (AvgIpc) is 3.67. The van der Waals surface area contributed by atoms with E-state index in [4.69, 9.17) is 19.4 Å². The summed E-state index contributed by atoms with van der Waals surface area (Å²) >= 11 is 0. The van der Waals surface area contributed by atoms with E-state index in [0.29, 0.717) is 17.5 Å². The van der Waals surface area contributed by atoms with E-state index in [1.807, 2.05) is 18.2 Å². The second-order valence-electron chi connectivity index (χ2n) is 15.0. The first kappa shape index (κ1) is 31.9. The summed E-state index contributed by atoms with van der Waals surface area (Å²) < 4.78 is 6.22. The normalized spacial score (nSPS) is 12.7. The first-order chi connectivity index (χ1) is 28.2. The molecule has 2 aromatic heterocycles. The fourth-order valence-electron chi connectivity index (χ4n) is 9.06. The summed E-state index contributed by atoms with van der Waals surface area (Å²) in [6.45, 7) is 0. The molecule has 266 valence electrons. The highest BCUT2D eigenvalue weighted by Gasteiger charge is 2.21. The van der Waals surface area contributed by atoms with Crippen LogP contribution in [0.1, 0.15) is 17.5 Å². The van der Waals surface area contributed by atoms with Crippen molar-refractivity contribution in [3.63, 3.8) is 0 Å². The average molecular weight is 728 g/mol. The molecule has 0 unspecified atom stereocenters. The number of hydrogen-bond acceptors (Lipinski definition) is 4. The summed E-state index contributed by atoms with van der Waals surface area (Å²) in [5.74, 6) is 1.99. The van der Waals surface area contributed by atoms with Crippen LogP contribution in [-0.2, 0) is 6.42 Å². The topological polar surface area (TPSA) is 51.8 Å². The summed E-state index contributed by atoms with van der Waals surface area (Å²) in [6, 6.07) is 58.1. The van der Waals surface area contributed by atoms with Crippen molar-refractivity contribution in [2.24, 2.45) is 0 Å². The Hall–Kier alpha value is -7.43. The number of aryl methyl sites for hydroxylation is 1. The molecule has 57 heavy (non-hydrogen) atoms. The van der Waals surface area contributed by atoms with Gasteiger partial charge in [-0.1, -0.05) is 140 Å². The fourth-order valence-corrected chi connectivity index (χ4v) is 9.06. The fraction of sp³-hybridized carbons (Fsp3) is 0.0377. The van der Waals surface area contributed by atoms with Gasteiger partial charge in [-0.25, -0.2) is 15.0 Å². The van der Waals surface area contributed by atoms with Crippen LogP contribution in [0.15, 0.2) is 174 Å². The molecular weight excluding hydrogens is 695 g/mol. The van der Waals surface area contributed by atoms with Crippen LogP contribution in [0.4, 0.5) is 0 Å². The molecule has 0 aliphatic heterocycles. The Kier molecular flexibility index (Phi) is 7.02. The standard InChI is InChI=1S/C53H33N3O/c1-3-14-38-34(12-1)30-46(43-18-7-5-16-41(38)43)52-54-51(55-53(56-52)47-31-35-13-2-4-15-39(35)42-17-6-8-19-44(42)47)37-27-25-32-28-36(26-24-33(32)29-37)40-21-11-23-49-50(40)45-20-9-10-22-48(45)57-49/h1-5,7-16,18-31H,6,17H2. The number of hydrogen-bond donors (Lipinski definition) is 0. The van der Waals surface area contributed by atoms with E-state index < -0.39 is 0 Å². The molecule has 0 spiro atoms. The Morgan fingerprint density at radius 1 is 0.404 bits per heavy atom. The van der Waals surface area contributed by atoms with Crippen molar-refractivity contribution in [1.82, 2.24) is 15.0 Å². The molecule has 0 fully saturated rings. The lowest BCUT2D eigenvalue weighted by Crippen LogP contribution is -2.04. The van der Waals surface area contributed by atoms with E-state index in [1.54, 1.807) is 0 Å². The Labute approximate surface area is 328 Å². The number of allylic oxidation sites excluding steroid dienone is 1. The summed E-state index contributed by atoms with van der Waals surface area (Å²) in [5, 5.41) is 11.7.